The smallest absolute Gasteiger partial charge is 0.156 e. The van der Waals surface area contributed by atoms with Crippen LogP contribution in [0.3, 0.4) is 0 Å². The summed E-state index contributed by atoms with van der Waals surface area (Å²) < 4.78 is 12.7. The van der Waals surface area contributed by atoms with Gasteiger partial charge in [-0.15, -0.1) is 0 Å². The van der Waals surface area contributed by atoms with Crippen LogP contribution >= 0.6 is 11.6 Å². The molecule has 0 amide bonds. The van der Waals surface area contributed by atoms with E-state index in [4.69, 9.17) is 11.6 Å². The Morgan fingerprint density at radius 1 is 1.06 bits per heavy atom. The summed E-state index contributed by atoms with van der Waals surface area (Å²) in [5.41, 5.74) is 5.53. The fourth-order valence-electron chi connectivity index (χ4n) is 1.39. The lowest BCUT2D eigenvalue weighted by Crippen LogP contribution is -1.97. The van der Waals surface area contributed by atoms with E-state index in [9.17, 15) is 4.39 Å². The van der Waals surface area contributed by atoms with Crippen molar-refractivity contribution in [1.29, 1.82) is 0 Å². The van der Waals surface area contributed by atoms with Gasteiger partial charge < -0.3 is 0 Å². The Kier molecular flexibility index (Phi) is 3.95. The molecule has 0 heterocycles. The Labute approximate surface area is 110 Å². The van der Waals surface area contributed by atoms with Crippen LogP contribution in [0, 0.1) is 12.7 Å². The van der Waals surface area contributed by atoms with Gasteiger partial charge in [0.2, 0.25) is 0 Å². The van der Waals surface area contributed by atoms with Crippen molar-refractivity contribution in [2.75, 3.05) is 5.43 Å². The van der Waals surface area contributed by atoms with Crippen LogP contribution in [0.5, 0.6) is 0 Å². The Balaban J connectivity index is 2.09. The fraction of sp³-hybridized carbons (Fsp3) is 0.0714. The van der Waals surface area contributed by atoms with Gasteiger partial charge >= 0.3 is 0 Å². The second-order valence-corrected chi connectivity index (χ2v) is 4.25. The van der Waals surface area contributed by atoms with Crippen LogP contribution in [-0.2, 0) is 0 Å². The van der Waals surface area contributed by atoms with E-state index in [1.54, 1.807) is 12.1 Å². The molecule has 0 aliphatic heterocycles. The number of hydrogen-bond acceptors (Lipinski definition) is 2. The molecule has 0 spiro atoms. The van der Waals surface area contributed by atoms with Gasteiger partial charge in [-0.05, 0) is 43.3 Å². The van der Waals surface area contributed by atoms with Gasteiger partial charge in [-0.2, -0.15) is 5.10 Å². The van der Waals surface area contributed by atoms with E-state index in [-0.39, 0.29) is 11.0 Å². The molecule has 1 N–H and O–H groups in total. The number of nitrogens with zero attached hydrogens (tertiary/aromatic N) is 1. The lowest BCUT2D eigenvalue weighted by atomic mass is 10.2. The minimum absolute atomic E-state index is 0.288. The molecule has 0 unspecified atom stereocenters. The van der Waals surface area contributed by atoms with E-state index in [1.807, 2.05) is 31.2 Å². The van der Waals surface area contributed by atoms with E-state index in [0.717, 1.165) is 5.69 Å². The normalized spacial score (nSPS) is 11.4. The van der Waals surface area contributed by atoms with Gasteiger partial charge in [0.05, 0.1) is 5.69 Å². The van der Waals surface area contributed by atoms with Crippen molar-refractivity contribution in [2.24, 2.45) is 5.10 Å². The van der Waals surface area contributed by atoms with Crippen LogP contribution < -0.4 is 5.43 Å². The molecule has 4 heteroatoms. The standard InChI is InChI=1S/C14H12ClFN2/c1-10-2-8-13(9-3-10)17-18-14(15)11-4-6-12(16)7-5-11/h2-9,17H,1H3. The van der Waals surface area contributed by atoms with Gasteiger partial charge in [-0.3, -0.25) is 5.43 Å². The number of benzene rings is 2. The highest BCUT2D eigenvalue weighted by molar-refractivity contribution is 6.69. The SMILES string of the molecule is Cc1ccc(NN=C(Cl)c2ccc(F)cc2)cc1. The number of halogens is 2. The molecule has 2 aromatic rings. The van der Waals surface area contributed by atoms with Crippen molar-refractivity contribution < 1.29 is 4.39 Å². The minimum atomic E-state index is -0.297. The molecule has 18 heavy (non-hydrogen) atoms. The predicted octanol–water partition coefficient (Wildman–Crippen LogP) is 4.15. The van der Waals surface area contributed by atoms with Crippen LogP contribution in [0.2, 0.25) is 0 Å². The van der Waals surface area contributed by atoms with Gasteiger partial charge in [-0.1, -0.05) is 29.3 Å². The van der Waals surface area contributed by atoms with Gasteiger partial charge in [0.25, 0.3) is 0 Å². The van der Waals surface area contributed by atoms with Crippen molar-refractivity contribution in [3.63, 3.8) is 0 Å². The molecule has 2 nitrogen and oxygen atoms in total. The topological polar surface area (TPSA) is 24.4 Å². The summed E-state index contributed by atoms with van der Waals surface area (Å²) in [4.78, 5) is 0. The van der Waals surface area contributed by atoms with Gasteiger partial charge in [0.1, 0.15) is 5.82 Å². The van der Waals surface area contributed by atoms with E-state index in [2.05, 4.69) is 10.5 Å². The zero-order chi connectivity index (χ0) is 13.0. The average molecular weight is 263 g/mol. The van der Waals surface area contributed by atoms with Crippen molar-refractivity contribution in [3.05, 3.63) is 65.5 Å². The molecule has 2 aromatic carbocycles. The maximum absolute atomic E-state index is 12.7. The van der Waals surface area contributed by atoms with Crippen LogP contribution in [0.15, 0.2) is 53.6 Å². The van der Waals surface area contributed by atoms with Crippen molar-refractivity contribution >= 4 is 22.5 Å². The number of nitrogens with one attached hydrogen (secondary N) is 1. The first-order chi connectivity index (χ1) is 8.65. The lowest BCUT2D eigenvalue weighted by Gasteiger charge is -2.02. The van der Waals surface area contributed by atoms with Gasteiger partial charge in [0, 0.05) is 5.56 Å². The average Bonchev–Trinajstić information content (AvgIpc) is 2.38. The molecule has 0 radical (unpaired) electrons. The zero-order valence-electron chi connectivity index (χ0n) is 9.82. The van der Waals surface area contributed by atoms with Gasteiger partial charge in [-0.25, -0.2) is 4.39 Å². The van der Waals surface area contributed by atoms with Crippen LogP contribution in [-0.4, -0.2) is 5.17 Å². The van der Waals surface area contributed by atoms with Crippen molar-refractivity contribution in [1.82, 2.24) is 0 Å². The number of rotatable bonds is 3. The zero-order valence-corrected chi connectivity index (χ0v) is 10.6. The fourth-order valence-corrected chi connectivity index (χ4v) is 1.56. The first kappa shape index (κ1) is 12.6. The molecular weight excluding hydrogens is 251 g/mol. The summed E-state index contributed by atoms with van der Waals surface area (Å²) in [5.74, 6) is -0.297. The molecule has 0 saturated carbocycles. The van der Waals surface area contributed by atoms with Crippen LogP contribution in [0.1, 0.15) is 11.1 Å². The van der Waals surface area contributed by atoms with Crippen molar-refractivity contribution in [2.45, 2.75) is 6.92 Å². The molecule has 92 valence electrons. The number of hydrogen-bond donors (Lipinski definition) is 1. The molecule has 0 bridgehead atoms. The largest absolute Gasteiger partial charge is 0.277 e. The summed E-state index contributed by atoms with van der Waals surface area (Å²) in [6.07, 6.45) is 0. The Morgan fingerprint density at radius 3 is 2.28 bits per heavy atom. The third-order valence-corrected chi connectivity index (χ3v) is 2.72. The highest BCUT2D eigenvalue weighted by Gasteiger charge is 2.00. The Hall–Kier alpha value is -1.87. The van der Waals surface area contributed by atoms with E-state index < -0.39 is 0 Å². The first-order valence-electron chi connectivity index (χ1n) is 5.47. The van der Waals surface area contributed by atoms with Crippen LogP contribution in [0.4, 0.5) is 10.1 Å². The summed E-state index contributed by atoms with van der Waals surface area (Å²) >= 11 is 6.00. The minimum Gasteiger partial charge on any atom is -0.277 e. The molecule has 0 aliphatic rings. The molecule has 0 saturated heterocycles. The summed E-state index contributed by atoms with van der Waals surface area (Å²) in [6, 6.07) is 13.6. The van der Waals surface area contributed by atoms with Crippen LogP contribution in [0.25, 0.3) is 0 Å². The number of aryl methyl sites for hydroxylation is 1. The number of hydrazone groups is 1. The van der Waals surface area contributed by atoms with E-state index >= 15 is 0 Å². The molecular formula is C14H12ClFN2. The third-order valence-electron chi connectivity index (χ3n) is 2.42. The highest BCUT2D eigenvalue weighted by Crippen LogP contribution is 2.11. The molecule has 0 aromatic heterocycles. The quantitative estimate of drug-likeness (QED) is 0.652. The second kappa shape index (κ2) is 5.65. The highest BCUT2D eigenvalue weighted by atomic mass is 35.5. The lowest BCUT2D eigenvalue weighted by molar-refractivity contribution is 0.628. The van der Waals surface area contributed by atoms with E-state index in [1.165, 1.54) is 17.7 Å². The maximum Gasteiger partial charge on any atom is 0.156 e. The Bertz CT molecular complexity index is 547. The third kappa shape index (κ3) is 3.31. The summed E-state index contributed by atoms with van der Waals surface area (Å²) in [6.45, 7) is 2.01. The summed E-state index contributed by atoms with van der Waals surface area (Å²) in [7, 11) is 0. The second-order valence-electron chi connectivity index (χ2n) is 3.89. The molecule has 0 fully saturated rings. The molecule has 0 atom stereocenters. The van der Waals surface area contributed by atoms with Gasteiger partial charge in [0.15, 0.2) is 5.17 Å². The first-order valence-corrected chi connectivity index (χ1v) is 5.85. The van der Waals surface area contributed by atoms with Crippen molar-refractivity contribution in [3.8, 4) is 0 Å². The molecule has 2 rings (SSSR count). The number of anilines is 1. The monoisotopic (exact) mass is 262 g/mol. The summed E-state index contributed by atoms with van der Waals surface area (Å²) in [5, 5.41) is 4.32. The molecule has 0 aliphatic carbocycles. The maximum atomic E-state index is 12.7. The van der Waals surface area contributed by atoms with E-state index in [0.29, 0.717) is 5.56 Å². The predicted molar refractivity (Wildman–Crippen MR) is 73.6 cm³/mol. The Morgan fingerprint density at radius 2 is 1.67 bits per heavy atom.